The minimum Gasteiger partial charge on any atom is -0.384 e. The van der Waals surface area contributed by atoms with Gasteiger partial charge in [-0.2, -0.15) is 0 Å². The second-order valence-corrected chi connectivity index (χ2v) is 2.50. The molecule has 0 atom stereocenters. The lowest BCUT2D eigenvalue weighted by atomic mass is 10.3. The second kappa shape index (κ2) is 8.23. The van der Waals surface area contributed by atoms with Gasteiger partial charge in [0.15, 0.2) is 0 Å². The van der Waals surface area contributed by atoms with Gasteiger partial charge in [-0.1, -0.05) is 11.9 Å². The number of hydrogen-bond donors (Lipinski definition) is 3. The third kappa shape index (κ3) is 8.23. The van der Waals surface area contributed by atoms with Gasteiger partial charge in [0, 0.05) is 6.54 Å². The monoisotopic (exact) mass is 150 g/mol. The lowest BCUT2D eigenvalue weighted by Crippen LogP contribution is -2.08. The lowest BCUT2D eigenvalue weighted by molar-refractivity contribution is 0.374. The van der Waals surface area contributed by atoms with Crippen LogP contribution in [-0.4, -0.2) is 24.1 Å². The number of nitrogens with two attached hydrogens (primary N) is 1. The van der Waals surface area contributed by atoms with Crippen LogP contribution < -0.4 is 10.5 Å². The highest BCUT2D eigenvalue weighted by molar-refractivity contribution is 7.97. The van der Waals surface area contributed by atoms with Crippen LogP contribution in [0.15, 0.2) is 0 Å². The normalized spacial score (nSPS) is 10.0. The zero-order valence-electron chi connectivity index (χ0n) is 5.47. The van der Waals surface area contributed by atoms with Gasteiger partial charge < -0.3 is 10.8 Å². The van der Waals surface area contributed by atoms with Gasteiger partial charge in [0.2, 0.25) is 0 Å². The number of nitrogens with one attached hydrogen (secondary N) is 1. The quantitative estimate of drug-likeness (QED) is 0.281. The molecule has 0 aliphatic heterocycles. The van der Waals surface area contributed by atoms with Crippen LogP contribution in [0.1, 0.15) is 12.8 Å². The Morgan fingerprint density at radius 1 is 1.44 bits per heavy atom. The fourth-order valence-corrected chi connectivity index (χ4v) is 0.839. The molecule has 4 heteroatoms. The van der Waals surface area contributed by atoms with Crippen molar-refractivity contribution in [1.29, 1.82) is 0 Å². The van der Waals surface area contributed by atoms with E-state index in [1.165, 1.54) is 11.9 Å². The Morgan fingerprint density at radius 3 is 2.78 bits per heavy atom. The number of aliphatic hydroxyl groups excluding tert-OH is 1. The molecule has 0 aromatic heterocycles. The molecule has 0 aliphatic carbocycles. The van der Waals surface area contributed by atoms with Crippen LogP contribution in [-0.2, 0) is 0 Å². The molecule has 0 aromatic rings. The molecule has 3 nitrogen and oxygen atoms in total. The van der Waals surface area contributed by atoms with Gasteiger partial charge in [0.1, 0.15) is 5.94 Å². The van der Waals surface area contributed by atoms with Crippen LogP contribution in [0.4, 0.5) is 0 Å². The first kappa shape index (κ1) is 9.23. The Labute approximate surface area is 60.1 Å². The van der Waals surface area contributed by atoms with Crippen LogP contribution in [0.5, 0.6) is 0 Å². The molecule has 0 spiro atoms. The standard InChI is InChI=1S/C5H14N2OS/c6-3-1-2-4-7-9-5-8/h7-8H,1-6H2. The van der Waals surface area contributed by atoms with Crippen molar-refractivity contribution < 1.29 is 5.11 Å². The highest BCUT2D eigenvalue weighted by atomic mass is 32.2. The van der Waals surface area contributed by atoms with E-state index in [2.05, 4.69) is 4.72 Å². The first-order valence-electron chi connectivity index (χ1n) is 3.07. The van der Waals surface area contributed by atoms with E-state index in [4.69, 9.17) is 10.8 Å². The first-order chi connectivity index (χ1) is 4.41. The number of unbranched alkanes of at least 4 members (excludes halogenated alkanes) is 1. The van der Waals surface area contributed by atoms with Crippen molar-refractivity contribution in [2.45, 2.75) is 12.8 Å². The molecule has 56 valence electrons. The van der Waals surface area contributed by atoms with Crippen LogP contribution in [0, 0.1) is 0 Å². The maximum Gasteiger partial charge on any atom is 0.103 e. The molecule has 0 unspecified atom stereocenters. The average molecular weight is 150 g/mol. The lowest BCUT2D eigenvalue weighted by Gasteiger charge is -1.98. The Bertz CT molecular complexity index is 48.2. The molecule has 0 aromatic carbocycles. The van der Waals surface area contributed by atoms with Gasteiger partial charge in [-0.05, 0) is 19.4 Å². The summed E-state index contributed by atoms with van der Waals surface area (Å²) in [6.45, 7) is 1.69. The van der Waals surface area contributed by atoms with E-state index in [9.17, 15) is 0 Å². The van der Waals surface area contributed by atoms with Crippen molar-refractivity contribution in [2.75, 3.05) is 19.0 Å². The highest BCUT2D eigenvalue weighted by Crippen LogP contribution is 1.90. The molecule has 0 heterocycles. The van der Waals surface area contributed by atoms with Crippen molar-refractivity contribution in [1.82, 2.24) is 4.72 Å². The van der Waals surface area contributed by atoms with Crippen molar-refractivity contribution in [2.24, 2.45) is 5.73 Å². The van der Waals surface area contributed by atoms with Crippen LogP contribution in [0.2, 0.25) is 0 Å². The topological polar surface area (TPSA) is 58.3 Å². The summed E-state index contributed by atoms with van der Waals surface area (Å²) in [4.78, 5) is 0. The number of aliphatic hydroxyl groups is 1. The van der Waals surface area contributed by atoms with E-state index in [1.807, 2.05) is 0 Å². The summed E-state index contributed by atoms with van der Waals surface area (Å²) in [5.41, 5.74) is 5.26. The third-order valence-corrected chi connectivity index (χ3v) is 1.44. The van der Waals surface area contributed by atoms with Crippen LogP contribution >= 0.6 is 11.9 Å². The van der Waals surface area contributed by atoms with E-state index in [1.54, 1.807) is 0 Å². The highest BCUT2D eigenvalue weighted by Gasteiger charge is 1.84. The molecule has 4 N–H and O–H groups in total. The summed E-state index contributed by atoms with van der Waals surface area (Å²) in [5, 5.41) is 8.30. The SMILES string of the molecule is NCCCCNSCO. The Kier molecular flexibility index (Phi) is 8.44. The molecular formula is C5H14N2OS. The largest absolute Gasteiger partial charge is 0.384 e. The van der Waals surface area contributed by atoms with Crippen molar-refractivity contribution >= 4 is 11.9 Å². The summed E-state index contributed by atoms with van der Waals surface area (Å²) in [6, 6.07) is 0. The molecule has 0 rings (SSSR count). The summed E-state index contributed by atoms with van der Waals surface area (Å²) in [7, 11) is 0. The van der Waals surface area contributed by atoms with Crippen molar-refractivity contribution in [3.8, 4) is 0 Å². The molecule has 0 saturated carbocycles. The van der Waals surface area contributed by atoms with E-state index in [0.717, 1.165) is 25.9 Å². The minimum absolute atomic E-state index is 0.141. The first-order valence-corrected chi connectivity index (χ1v) is 4.06. The average Bonchev–Trinajstić information content (AvgIpc) is 1.89. The van der Waals surface area contributed by atoms with E-state index in [0.29, 0.717) is 0 Å². The predicted molar refractivity (Wildman–Crippen MR) is 41.0 cm³/mol. The fraction of sp³-hybridized carbons (Fsp3) is 1.00. The summed E-state index contributed by atoms with van der Waals surface area (Å²) in [5.74, 6) is 0.141. The Morgan fingerprint density at radius 2 is 2.22 bits per heavy atom. The van der Waals surface area contributed by atoms with Gasteiger partial charge in [-0.25, -0.2) is 0 Å². The molecule has 0 radical (unpaired) electrons. The minimum atomic E-state index is 0.141. The van der Waals surface area contributed by atoms with E-state index >= 15 is 0 Å². The molecule has 0 aliphatic rings. The van der Waals surface area contributed by atoms with E-state index in [-0.39, 0.29) is 5.94 Å². The maximum atomic E-state index is 8.30. The number of hydrogen-bond acceptors (Lipinski definition) is 4. The zero-order chi connectivity index (χ0) is 6.95. The molecule has 0 bridgehead atoms. The summed E-state index contributed by atoms with van der Waals surface area (Å²) >= 11 is 1.32. The maximum absolute atomic E-state index is 8.30. The zero-order valence-corrected chi connectivity index (χ0v) is 6.28. The summed E-state index contributed by atoms with van der Waals surface area (Å²) in [6.07, 6.45) is 2.14. The fourth-order valence-electron chi connectivity index (χ4n) is 0.459. The molecule has 0 saturated heterocycles. The van der Waals surface area contributed by atoms with Gasteiger partial charge in [-0.3, -0.25) is 4.72 Å². The van der Waals surface area contributed by atoms with Gasteiger partial charge in [-0.15, -0.1) is 0 Å². The number of rotatable bonds is 6. The predicted octanol–water partition coefficient (Wildman–Crippen LogP) is -0.0871. The smallest absolute Gasteiger partial charge is 0.103 e. The molecule has 0 fully saturated rings. The third-order valence-electron chi connectivity index (χ3n) is 0.900. The Balaban J connectivity index is 2.60. The molecular weight excluding hydrogens is 136 g/mol. The van der Waals surface area contributed by atoms with Gasteiger partial charge in [0.25, 0.3) is 0 Å². The summed E-state index contributed by atoms with van der Waals surface area (Å²) < 4.78 is 2.98. The van der Waals surface area contributed by atoms with Crippen LogP contribution in [0.25, 0.3) is 0 Å². The Hall–Kier alpha value is 0.230. The van der Waals surface area contributed by atoms with Gasteiger partial charge >= 0.3 is 0 Å². The van der Waals surface area contributed by atoms with Crippen LogP contribution in [0.3, 0.4) is 0 Å². The second-order valence-electron chi connectivity index (χ2n) is 1.66. The molecule has 9 heavy (non-hydrogen) atoms. The van der Waals surface area contributed by atoms with E-state index < -0.39 is 0 Å². The van der Waals surface area contributed by atoms with Gasteiger partial charge in [0.05, 0.1) is 0 Å². The van der Waals surface area contributed by atoms with Crippen molar-refractivity contribution in [3.63, 3.8) is 0 Å². The van der Waals surface area contributed by atoms with Crippen molar-refractivity contribution in [3.05, 3.63) is 0 Å². The molecule has 0 amide bonds.